The molecule has 9 aromatic carbocycles. The fourth-order valence-corrected chi connectivity index (χ4v) is 13.8. The van der Waals surface area contributed by atoms with Crippen molar-refractivity contribution in [3.8, 4) is 28.1 Å². The minimum absolute atomic E-state index is 0.00631. The van der Waals surface area contributed by atoms with Crippen LogP contribution in [0, 0.1) is 11.6 Å². The molecule has 420 valence electrons. The highest BCUT2D eigenvalue weighted by Gasteiger charge is 2.57. The summed E-state index contributed by atoms with van der Waals surface area (Å²) in [6.45, 7) is -4.61. The molecule has 0 fully saturated rings. The van der Waals surface area contributed by atoms with Crippen LogP contribution in [0.1, 0.15) is 91.9 Å². The lowest BCUT2D eigenvalue weighted by Crippen LogP contribution is -2.51. The average molecular weight is 1140 g/mol. The van der Waals surface area contributed by atoms with Gasteiger partial charge in [-0.15, -0.1) is 0 Å². The molecule has 1 aromatic heterocycles. The molecule has 8 nitrogen and oxygen atoms in total. The van der Waals surface area contributed by atoms with E-state index in [1.807, 2.05) is 103 Å². The zero-order valence-corrected chi connectivity index (χ0v) is 46.6. The number of anilines is 4. The molecule has 2 aliphatic carbocycles. The van der Waals surface area contributed by atoms with Crippen molar-refractivity contribution in [1.82, 2.24) is 4.48 Å². The number of ether oxygens (including phenoxy) is 1. The Hall–Kier alpha value is -10.1. The maximum atomic E-state index is 18.0. The Balaban J connectivity index is 0.657. The van der Waals surface area contributed by atoms with E-state index in [9.17, 15) is 14.4 Å². The number of esters is 1. The van der Waals surface area contributed by atoms with E-state index >= 15 is 17.4 Å². The Morgan fingerprint density at radius 1 is 0.581 bits per heavy atom. The summed E-state index contributed by atoms with van der Waals surface area (Å²) in [5, 5.41) is 1.39. The molecule has 2 amide bonds. The van der Waals surface area contributed by atoms with Crippen molar-refractivity contribution < 1.29 is 41.0 Å². The molecule has 15 rings (SSSR count). The molecule has 0 unspecified atom stereocenters. The molecule has 0 saturated carbocycles. The van der Waals surface area contributed by atoms with Gasteiger partial charge in [-0.25, -0.2) is 13.7 Å². The van der Waals surface area contributed by atoms with Crippen LogP contribution in [-0.4, -0.2) is 39.4 Å². The predicted octanol–water partition coefficient (Wildman–Crippen LogP) is 16.7. The molecule has 0 atom stereocenters. The van der Waals surface area contributed by atoms with E-state index in [0.29, 0.717) is 107 Å². The Morgan fingerprint density at radius 2 is 1.16 bits per heavy atom. The fraction of sp³-hybridized carbons (Fsp3) is 0.123. The summed E-state index contributed by atoms with van der Waals surface area (Å²) in [7, 11) is 0. The van der Waals surface area contributed by atoms with Gasteiger partial charge in [0.1, 0.15) is 17.4 Å². The predicted molar refractivity (Wildman–Crippen MR) is 330 cm³/mol. The summed E-state index contributed by atoms with van der Waals surface area (Å²) in [6.07, 6.45) is 6.16. The van der Waals surface area contributed by atoms with Crippen LogP contribution in [0.3, 0.4) is 0 Å². The van der Waals surface area contributed by atoms with Crippen molar-refractivity contribution in [2.75, 3.05) is 9.80 Å². The maximum Gasteiger partial charge on any atom is 0.737 e. The number of amides is 2. The molecule has 4 heterocycles. The van der Waals surface area contributed by atoms with Gasteiger partial charge >= 0.3 is 12.9 Å². The van der Waals surface area contributed by atoms with Crippen molar-refractivity contribution in [1.29, 1.82) is 0 Å². The van der Waals surface area contributed by atoms with Crippen LogP contribution in [0.4, 0.5) is 40.2 Å². The lowest BCUT2D eigenvalue weighted by atomic mass is 9.84. The van der Waals surface area contributed by atoms with Crippen LogP contribution in [0.5, 0.6) is 5.75 Å². The number of hydrogen-bond donors (Lipinski definition) is 0. The van der Waals surface area contributed by atoms with E-state index in [1.165, 1.54) is 4.90 Å². The smallest absolute Gasteiger partial charge is 0.426 e. The maximum absolute atomic E-state index is 18.0. The Labute approximate surface area is 493 Å². The first-order valence-corrected chi connectivity index (χ1v) is 29.3. The van der Waals surface area contributed by atoms with Crippen molar-refractivity contribution >= 4 is 69.6 Å². The third kappa shape index (κ3) is 8.66. The molecular formula is C73H53BF4N4O4. The van der Waals surface area contributed by atoms with Crippen LogP contribution in [0.2, 0.25) is 0 Å². The third-order valence-electron chi connectivity index (χ3n) is 17.6. The first-order chi connectivity index (χ1) is 42.0. The third-order valence-corrected chi connectivity index (χ3v) is 17.6. The summed E-state index contributed by atoms with van der Waals surface area (Å²) >= 11 is 0. The number of nitrogens with zero attached hydrogens (tertiary/aromatic N) is 4. The summed E-state index contributed by atoms with van der Waals surface area (Å²) in [5.74, 6) is -4.06. The monoisotopic (exact) mass is 1140 g/mol. The van der Waals surface area contributed by atoms with E-state index in [0.717, 1.165) is 71.4 Å². The number of carbonyl (C=O) groups is 3. The summed E-state index contributed by atoms with van der Waals surface area (Å²) in [5.41, 5.74) is 11.7. The number of carbonyl (C=O) groups excluding carboxylic acids is 3. The standard InChI is InChI=1S/C73H53BF4N4O4/c75-62-43-55(44-63(76)68(62)69-64-41-49-20-12-18-46-16-7-9-26-57(46)70(49)81(64)74(77,78)82-65(69)42-50-21-13-19-47-17-8-10-27-58(47)71(50)82)86-66(83)30-11-15-45-31-35-54(36-32-45)80-72(84)60-29-14-28-59-56(39-40-61(67(59)60)73(80)85)48-33-37-53(38-34-48)79(51-22-3-1-4-23-51)52-24-5-2-6-25-52/h1-10,14,16-17,22-29,31-44H,11-13,15,18-21,30H2. The average Bonchev–Trinajstić information content (AvgIpc) is 1.50. The van der Waals surface area contributed by atoms with Crippen LogP contribution in [0.15, 0.2) is 224 Å². The van der Waals surface area contributed by atoms with Gasteiger partial charge in [0, 0.05) is 80.7 Å². The number of rotatable bonds is 11. The fourth-order valence-electron chi connectivity index (χ4n) is 13.8. The van der Waals surface area contributed by atoms with Crippen molar-refractivity contribution in [3.63, 3.8) is 0 Å². The van der Waals surface area contributed by atoms with Gasteiger partial charge < -0.3 is 27.2 Å². The number of imide groups is 1. The number of aryl methyl sites for hydroxylation is 4. The lowest BCUT2D eigenvalue weighted by molar-refractivity contribution is -0.361. The number of halogens is 4. The molecule has 0 bridgehead atoms. The summed E-state index contributed by atoms with van der Waals surface area (Å²) in [6, 6.07) is 63.5. The van der Waals surface area contributed by atoms with Crippen molar-refractivity contribution in [2.24, 2.45) is 0 Å². The highest BCUT2D eigenvalue weighted by Crippen LogP contribution is 2.50. The van der Waals surface area contributed by atoms with Crippen LogP contribution < -0.4 is 14.5 Å². The van der Waals surface area contributed by atoms with Gasteiger partial charge in [0.2, 0.25) is 0 Å². The van der Waals surface area contributed by atoms with Gasteiger partial charge in [-0.2, -0.15) is 0 Å². The Kier molecular flexibility index (Phi) is 12.8. The molecule has 0 spiro atoms. The second kappa shape index (κ2) is 20.9. The van der Waals surface area contributed by atoms with Gasteiger partial charge in [-0.05, 0) is 168 Å². The van der Waals surface area contributed by atoms with E-state index in [-0.39, 0.29) is 29.1 Å². The normalized spacial score (nSPS) is 15.4. The van der Waals surface area contributed by atoms with Crippen molar-refractivity contribution in [2.45, 2.75) is 57.8 Å². The van der Waals surface area contributed by atoms with Gasteiger partial charge in [-0.3, -0.25) is 14.4 Å². The zero-order valence-electron chi connectivity index (χ0n) is 46.6. The van der Waals surface area contributed by atoms with Gasteiger partial charge in [-0.1, -0.05) is 121 Å². The zero-order chi connectivity index (χ0) is 58.4. The number of hydrogen-bond acceptors (Lipinski definition) is 5. The van der Waals surface area contributed by atoms with E-state index in [4.69, 9.17) is 4.74 Å². The molecule has 10 aromatic rings. The second-order valence-corrected chi connectivity index (χ2v) is 22.7. The second-order valence-electron chi connectivity index (χ2n) is 22.7. The Bertz CT molecular complexity index is 4510. The number of fused-ring (bicyclic) bond motifs is 9. The molecule has 0 N–H and O–H groups in total. The molecule has 5 aliphatic rings. The first-order valence-electron chi connectivity index (χ1n) is 29.3. The van der Waals surface area contributed by atoms with Gasteiger partial charge in [0.15, 0.2) is 11.4 Å². The van der Waals surface area contributed by atoms with E-state index in [2.05, 4.69) is 53.4 Å². The van der Waals surface area contributed by atoms with E-state index in [1.54, 1.807) is 48.5 Å². The molecule has 86 heavy (non-hydrogen) atoms. The van der Waals surface area contributed by atoms with Gasteiger partial charge in [0.05, 0.1) is 16.8 Å². The van der Waals surface area contributed by atoms with Gasteiger partial charge in [0.25, 0.3) is 11.8 Å². The summed E-state index contributed by atoms with van der Waals surface area (Å²) < 4.78 is 77.8. The van der Waals surface area contributed by atoms with Crippen LogP contribution >= 0.6 is 0 Å². The largest absolute Gasteiger partial charge is 0.737 e. The van der Waals surface area contributed by atoms with E-state index < -0.39 is 42.0 Å². The minimum Gasteiger partial charge on any atom is -0.426 e. The molecular weight excluding hydrogens is 1080 g/mol. The Morgan fingerprint density at radius 3 is 1.86 bits per heavy atom. The molecule has 0 saturated heterocycles. The van der Waals surface area contributed by atoms with Crippen LogP contribution in [0.25, 0.3) is 38.7 Å². The molecule has 3 aliphatic heterocycles. The number of para-hydroxylation sites is 2. The highest BCUT2D eigenvalue weighted by atomic mass is 19.2. The summed E-state index contributed by atoms with van der Waals surface area (Å²) in [4.78, 5) is 45.5. The number of aromatic nitrogens is 1. The van der Waals surface area contributed by atoms with Crippen molar-refractivity contribution in [3.05, 3.63) is 285 Å². The first kappa shape index (κ1) is 52.7. The topological polar surface area (TPSA) is 74.9 Å². The van der Waals surface area contributed by atoms with Crippen LogP contribution in [-0.2, 0) is 30.5 Å². The number of benzene rings is 9. The highest BCUT2D eigenvalue weighted by molar-refractivity contribution is 6.59. The number of allylic oxidation sites excluding steroid dienone is 2. The lowest BCUT2D eigenvalue weighted by Gasteiger charge is -2.34. The SMILES string of the molecule is O=C(CCCc1ccc(N2C(=O)c3cccc4c(-c5ccc(N(c6ccccc6)c6ccccc6)cc5)ccc(c34)C2=O)cc1)Oc1cc(F)c(C2=C3C=C4CCCc5ccccc5C4=[N+]3[B-](F)(F)n3c2cc2c3-c3ccccc3CCC2)c(F)c1. The minimum atomic E-state index is -4.61. The quantitative estimate of drug-likeness (QED) is 0.0424. The molecule has 13 heteroatoms. The molecule has 0 radical (unpaired) electrons.